The molecule has 0 aliphatic rings. The second-order valence-corrected chi connectivity index (χ2v) is 4.19. The van der Waals surface area contributed by atoms with E-state index in [1.807, 2.05) is 31.2 Å². The Balaban J connectivity index is 2.47. The molecule has 1 aromatic rings. The standard InChI is InChI=1S/C14H21NO2/c1-4-11(2)15-14(16)10-9-12-7-5-6-8-13(12)17-3/h5-8,11H,4,9-10H2,1-3H3,(H,15,16)/t11-/m0/s1. The molecular formula is C14H21NO2. The Hall–Kier alpha value is -1.51. The van der Waals surface area contributed by atoms with Gasteiger partial charge in [0.05, 0.1) is 7.11 Å². The Morgan fingerprint density at radius 1 is 1.41 bits per heavy atom. The van der Waals surface area contributed by atoms with Crippen LogP contribution in [0.5, 0.6) is 5.75 Å². The van der Waals surface area contributed by atoms with Gasteiger partial charge in [-0.2, -0.15) is 0 Å². The van der Waals surface area contributed by atoms with Crippen LogP contribution in [0.25, 0.3) is 0 Å². The summed E-state index contributed by atoms with van der Waals surface area (Å²) in [6.45, 7) is 4.08. The Kier molecular flexibility index (Phi) is 5.53. The lowest BCUT2D eigenvalue weighted by molar-refractivity contribution is -0.121. The van der Waals surface area contributed by atoms with Gasteiger partial charge >= 0.3 is 0 Å². The molecule has 1 aromatic carbocycles. The molecule has 94 valence electrons. The monoisotopic (exact) mass is 235 g/mol. The predicted octanol–water partition coefficient (Wildman–Crippen LogP) is 2.54. The van der Waals surface area contributed by atoms with Crippen molar-refractivity contribution in [3.63, 3.8) is 0 Å². The van der Waals surface area contributed by atoms with Gasteiger partial charge < -0.3 is 10.1 Å². The molecule has 0 fully saturated rings. The highest BCUT2D eigenvalue weighted by Crippen LogP contribution is 2.18. The second kappa shape index (κ2) is 6.94. The molecular weight excluding hydrogens is 214 g/mol. The van der Waals surface area contributed by atoms with Crippen LogP contribution in [0.3, 0.4) is 0 Å². The number of rotatable bonds is 6. The van der Waals surface area contributed by atoms with Gasteiger partial charge in [-0.25, -0.2) is 0 Å². The maximum atomic E-state index is 11.6. The molecule has 1 amide bonds. The zero-order chi connectivity index (χ0) is 12.7. The molecule has 0 spiro atoms. The maximum Gasteiger partial charge on any atom is 0.220 e. The van der Waals surface area contributed by atoms with Crippen LogP contribution in [0.15, 0.2) is 24.3 Å². The van der Waals surface area contributed by atoms with Crippen molar-refractivity contribution in [2.45, 2.75) is 39.2 Å². The quantitative estimate of drug-likeness (QED) is 0.823. The molecule has 0 saturated heterocycles. The molecule has 0 unspecified atom stereocenters. The molecule has 1 rings (SSSR count). The van der Waals surface area contributed by atoms with Crippen molar-refractivity contribution in [2.75, 3.05) is 7.11 Å². The second-order valence-electron chi connectivity index (χ2n) is 4.19. The molecule has 0 aliphatic heterocycles. The third-order valence-electron chi connectivity index (χ3n) is 2.83. The molecule has 0 bridgehead atoms. The topological polar surface area (TPSA) is 38.3 Å². The van der Waals surface area contributed by atoms with Crippen LogP contribution in [0, 0.1) is 0 Å². The van der Waals surface area contributed by atoms with Crippen LogP contribution in [0.1, 0.15) is 32.3 Å². The van der Waals surface area contributed by atoms with E-state index >= 15 is 0 Å². The van der Waals surface area contributed by atoms with Gasteiger partial charge in [-0.3, -0.25) is 4.79 Å². The number of methoxy groups -OCH3 is 1. The zero-order valence-electron chi connectivity index (χ0n) is 10.8. The van der Waals surface area contributed by atoms with E-state index in [1.165, 1.54) is 0 Å². The van der Waals surface area contributed by atoms with Crippen molar-refractivity contribution in [2.24, 2.45) is 0 Å². The Morgan fingerprint density at radius 3 is 2.76 bits per heavy atom. The zero-order valence-corrected chi connectivity index (χ0v) is 10.8. The van der Waals surface area contributed by atoms with Gasteiger partial charge in [-0.15, -0.1) is 0 Å². The predicted molar refractivity (Wildman–Crippen MR) is 69.2 cm³/mol. The number of nitrogens with one attached hydrogen (secondary N) is 1. The Morgan fingerprint density at radius 2 is 2.12 bits per heavy atom. The maximum absolute atomic E-state index is 11.6. The average molecular weight is 235 g/mol. The molecule has 0 saturated carbocycles. The summed E-state index contributed by atoms with van der Waals surface area (Å²) in [7, 11) is 1.65. The van der Waals surface area contributed by atoms with Crippen molar-refractivity contribution in [3.05, 3.63) is 29.8 Å². The fourth-order valence-electron chi connectivity index (χ4n) is 1.61. The van der Waals surface area contributed by atoms with E-state index in [4.69, 9.17) is 4.74 Å². The van der Waals surface area contributed by atoms with E-state index in [1.54, 1.807) is 7.11 Å². The summed E-state index contributed by atoms with van der Waals surface area (Å²) in [5, 5.41) is 2.96. The molecule has 3 heteroatoms. The lowest BCUT2D eigenvalue weighted by Gasteiger charge is -2.12. The third-order valence-corrected chi connectivity index (χ3v) is 2.83. The summed E-state index contributed by atoms with van der Waals surface area (Å²) in [5.41, 5.74) is 1.08. The smallest absolute Gasteiger partial charge is 0.220 e. The number of benzene rings is 1. The first-order valence-corrected chi connectivity index (χ1v) is 6.08. The minimum atomic E-state index is 0.102. The summed E-state index contributed by atoms with van der Waals surface area (Å²) in [6, 6.07) is 8.06. The first kappa shape index (κ1) is 13.6. The van der Waals surface area contributed by atoms with Gasteiger partial charge in [0.25, 0.3) is 0 Å². The summed E-state index contributed by atoms with van der Waals surface area (Å²) < 4.78 is 5.25. The number of carbonyl (C=O) groups is 1. The molecule has 0 radical (unpaired) electrons. The number of carbonyl (C=O) groups excluding carboxylic acids is 1. The molecule has 0 aromatic heterocycles. The molecule has 3 nitrogen and oxygen atoms in total. The lowest BCUT2D eigenvalue weighted by Crippen LogP contribution is -2.32. The van der Waals surface area contributed by atoms with E-state index in [2.05, 4.69) is 12.2 Å². The summed E-state index contributed by atoms with van der Waals surface area (Å²) >= 11 is 0. The number of amides is 1. The van der Waals surface area contributed by atoms with E-state index in [0.29, 0.717) is 12.8 Å². The third kappa shape index (κ3) is 4.47. The highest BCUT2D eigenvalue weighted by molar-refractivity contribution is 5.76. The van der Waals surface area contributed by atoms with Gasteiger partial charge in [0.2, 0.25) is 5.91 Å². The molecule has 17 heavy (non-hydrogen) atoms. The SMILES string of the molecule is CC[C@H](C)NC(=O)CCc1ccccc1OC. The average Bonchev–Trinajstić information content (AvgIpc) is 2.36. The lowest BCUT2D eigenvalue weighted by atomic mass is 10.1. The fraction of sp³-hybridized carbons (Fsp3) is 0.500. The molecule has 0 aliphatic carbocycles. The fourth-order valence-corrected chi connectivity index (χ4v) is 1.61. The molecule has 1 N–H and O–H groups in total. The first-order valence-electron chi connectivity index (χ1n) is 6.08. The number of hydrogen-bond acceptors (Lipinski definition) is 2. The number of ether oxygens (including phenoxy) is 1. The minimum absolute atomic E-state index is 0.102. The van der Waals surface area contributed by atoms with E-state index in [9.17, 15) is 4.79 Å². The van der Waals surface area contributed by atoms with E-state index < -0.39 is 0 Å². The number of aryl methyl sites for hydroxylation is 1. The van der Waals surface area contributed by atoms with E-state index in [-0.39, 0.29) is 11.9 Å². The van der Waals surface area contributed by atoms with Gasteiger partial charge in [-0.05, 0) is 31.4 Å². The van der Waals surface area contributed by atoms with Gasteiger partial charge in [0.15, 0.2) is 0 Å². The van der Waals surface area contributed by atoms with Gasteiger partial charge in [-0.1, -0.05) is 25.1 Å². The summed E-state index contributed by atoms with van der Waals surface area (Å²) in [6.07, 6.45) is 2.18. The van der Waals surface area contributed by atoms with Crippen LogP contribution >= 0.6 is 0 Å². The van der Waals surface area contributed by atoms with Crippen molar-refractivity contribution < 1.29 is 9.53 Å². The highest BCUT2D eigenvalue weighted by Gasteiger charge is 2.07. The van der Waals surface area contributed by atoms with Crippen LogP contribution in [-0.2, 0) is 11.2 Å². The largest absolute Gasteiger partial charge is 0.496 e. The number of para-hydroxylation sites is 1. The highest BCUT2D eigenvalue weighted by atomic mass is 16.5. The van der Waals surface area contributed by atoms with Gasteiger partial charge in [0, 0.05) is 12.5 Å². The summed E-state index contributed by atoms with van der Waals surface area (Å²) in [4.78, 5) is 11.6. The first-order chi connectivity index (χ1) is 8.17. The Bertz CT molecular complexity index is 363. The van der Waals surface area contributed by atoms with Crippen LogP contribution < -0.4 is 10.1 Å². The minimum Gasteiger partial charge on any atom is -0.496 e. The van der Waals surface area contributed by atoms with Crippen molar-refractivity contribution in [1.82, 2.24) is 5.32 Å². The van der Waals surface area contributed by atoms with Gasteiger partial charge in [0.1, 0.15) is 5.75 Å². The molecule has 1 atom stereocenters. The van der Waals surface area contributed by atoms with Crippen molar-refractivity contribution in [3.8, 4) is 5.75 Å². The van der Waals surface area contributed by atoms with Crippen LogP contribution in [0.4, 0.5) is 0 Å². The van der Waals surface area contributed by atoms with Crippen molar-refractivity contribution in [1.29, 1.82) is 0 Å². The van der Waals surface area contributed by atoms with E-state index in [0.717, 1.165) is 17.7 Å². The van der Waals surface area contributed by atoms with Crippen LogP contribution in [0.2, 0.25) is 0 Å². The number of hydrogen-bond donors (Lipinski definition) is 1. The summed E-state index contributed by atoms with van der Waals surface area (Å²) in [5.74, 6) is 0.953. The van der Waals surface area contributed by atoms with Crippen LogP contribution in [-0.4, -0.2) is 19.1 Å². The Labute approximate surface area is 103 Å². The normalized spacial score (nSPS) is 11.9. The molecule has 0 heterocycles. The van der Waals surface area contributed by atoms with Crippen molar-refractivity contribution >= 4 is 5.91 Å².